The summed E-state index contributed by atoms with van der Waals surface area (Å²) in [5.74, 6) is -1.20. The predicted molar refractivity (Wildman–Crippen MR) is 34.5 cm³/mol. The summed E-state index contributed by atoms with van der Waals surface area (Å²) in [5.41, 5.74) is 0. The van der Waals surface area contributed by atoms with E-state index >= 15 is 0 Å². The topological polar surface area (TPSA) is 60.4 Å². The molecule has 48 valence electrons. The van der Waals surface area contributed by atoms with Crippen LogP contribution < -0.4 is 5.11 Å². The second-order valence-corrected chi connectivity index (χ2v) is 2.27. The van der Waals surface area contributed by atoms with Crippen molar-refractivity contribution in [3.05, 3.63) is 0 Å². The van der Waals surface area contributed by atoms with E-state index in [9.17, 15) is 9.90 Å². The van der Waals surface area contributed by atoms with Crippen molar-refractivity contribution in [2.75, 3.05) is 4.43 Å². The summed E-state index contributed by atoms with van der Waals surface area (Å²) in [6, 6.07) is 0. The number of carbonyl (C=O) groups excluding carboxylic acids is 1. The van der Waals surface area contributed by atoms with Gasteiger partial charge in [0.05, 0.1) is 6.10 Å². The van der Waals surface area contributed by atoms with Gasteiger partial charge in [-0.3, -0.25) is 0 Å². The van der Waals surface area contributed by atoms with Gasteiger partial charge >= 0.3 is 0 Å². The molecule has 0 heterocycles. The quantitative estimate of drug-likeness (QED) is 0.494. The number of halogens is 1. The molecule has 0 fully saturated rings. The summed E-state index contributed by atoms with van der Waals surface area (Å²) in [4.78, 5) is 9.69. The first-order valence-corrected chi connectivity index (χ1v) is 3.63. The number of aliphatic hydroxyl groups excluding tert-OH is 1. The van der Waals surface area contributed by atoms with Gasteiger partial charge in [0.15, 0.2) is 0 Å². The molecular formula is C4H6IO3-. The lowest BCUT2D eigenvalue weighted by Crippen LogP contribution is -2.27. The third kappa shape index (κ3) is 4.32. The van der Waals surface area contributed by atoms with Gasteiger partial charge in [0.1, 0.15) is 0 Å². The Morgan fingerprint density at radius 1 is 1.88 bits per heavy atom. The average Bonchev–Trinajstić information content (AvgIpc) is 1.65. The Morgan fingerprint density at radius 3 is 2.50 bits per heavy atom. The largest absolute Gasteiger partial charge is 0.550 e. The van der Waals surface area contributed by atoms with E-state index in [2.05, 4.69) is 0 Å². The molecule has 0 spiro atoms. The molecule has 8 heavy (non-hydrogen) atoms. The minimum absolute atomic E-state index is 0.261. The Morgan fingerprint density at radius 2 is 2.38 bits per heavy atom. The van der Waals surface area contributed by atoms with Gasteiger partial charge in [0.2, 0.25) is 0 Å². The Kier molecular flexibility index (Phi) is 4.16. The molecule has 0 aliphatic rings. The molecule has 0 radical (unpaired) electrons. The second kappa shape index (κ2) is 4.08. The fourth-order valence-electron chi connectivity index (χ4n) is 0.247. The van der Waals surface area contributed by atoms with E-state index in [1.807, 2.05) is 22.6 Å². The molecule has 1 atom stereocenters. The molecular weight excluding hydrogens is 223 g/mol. The van der Waals surface area contributed by atoms with Crippen LogP contribution in [0.1, 0.15) is 6.42 Å². The highest BCUT2D eigenvalue weighted by atomic mass is 127. The molecule has 1 N–H and O–H groups in total. The fourth-order valence-corrected chi connectivity index (χ4v) is 0.558. The SMILES string of the molecule is O=C([O-])CC(O)CI. The third-order valence-electron chi connectivity index (χ3n) is 0.580. The van der Waals surface area contributed by atoms with Crippen LogP contribution in [0.2, 0.25) is 0 Å². The molecule has 0 aromatic heterocycles. The van der Waals surface area contributed by atoms with Gasteiger partial charge in [-0.15, -0.1) is 0 Å². The number of rotatable bonds is 3. The van der Waals surface area contributed by atoms with Gasteiger partial charge in [-0.1, -0.05) is 22.6 Å². The maximum atomic E-state index is 9.69. The van der Waals surface area contributed by atoms with Gasteiger partial charge in [-0.2, -0.15) is 0 Å². The Balaban J connectivity index is 3.24. The number of carboxylic acids is 1. The highest BCUT2D eigenvalue weighted by Gasteiger charge is 1.99. The van der Waals surface area contributed by atoms with Crippen LogP contribution in [0.25, 0.3) is 0 Å². The van der Waals surface area contributed by atoms with Crippen molar-refractivity contribution in [1.29, 1.82) is 0 Å². The Hall–Kier alpha value is 0.160. The molecule has 0 amide bonds. The number of hydrogen-bond acceptors (Lipinski definition) is 3. The lowest BCUT2D eigenvalue weighted by atomic mass is 10.3. The van der Waals surface area contributed by atoms with E-state index in [-0.39, 0.29) is 6.42 Å². The van der Waals surface area contributed by atoms with Gasteiger partial charge in [-0.25, -0.2) is 0 Å². The van der Waals surface area contributed by atoms with Crippen LogP contribution in [0.15, 0.2) is 0 Å². The normalized spacial score (nSPS) is 13.2. The fraction of sp³-hybridized carbons (Fsp3) is 0.750. The van der Waals surface area contributed by atoms with Crippen molar-refractivity contribution >= 4 is 28.6 Å². The molecule has 4 heteroatoms. The number of hydrogen-bond donors (Lipinski definition) is 1. The number of aliphatic hydroxyl groups is 1. The molecule has 1 unspecified atom stereocenters. The molecule has 0 saturated carbocycles. The molecule has 0 rings (SSSR count). The van der Waals surface area contributed by atoms with E-state index in [0.29, 0.717) is 4.43 Å². The molecule has 0 bridgehead atoms. The van der Waals surface area contributed by atoms with Gasteiger partial charge in [0, 0.05) is 16.8 Å². The maximum absolute atomic E-state index is 9.69. The van der Waals surface area contributed by atoms with E-state index < -0.39 is 12.1 Å². The lowest BCUT2D eigenvalue weighted by Gasteiger charge is -2.05. The van der Waals surface area contributed by atoms with Crippen LogP contribution in [0, 0.1) is 0 Å². The van der Waals surface area contributed by atoms with Crippen molar-refractivity contribution in [2.24, 2.45) is 0 Å². The summed E-state index contributed by atoms with van der Waals surface area (Å²) in [5, 5.41) is 18.3. The van der Waals surface area contributed by atoms with Crippen molar-refractivity contribution in [3.8, 4) is 0 Å². The smallest absolute Gasteiger partial charge is 0.0681 e. The third-order valence-corrected chi connectivity index (χ3v) is 1.60. The minimum Gasteiger partial charge on any atom is -0.550 e. The minimum atomic E-state index is -1.20. The summed E-state index contributed by atoms with van der Waals surface area (Å²) in [6.45, 7) is 0. The molecule has 0 aliphatic carbocycles. The zero-order chi connectivity index (χ0) is 6.57. The van der Waals surface area contributed by atoms with Crippen LogP contribution >= 0.6 is 22.6 Å². The monoisotopic (exact) mass is 229 g/mol. The maximum Gasteiger partial charge on any atom is 0.0681 e. The van der Waals surface area contributed by atoms with Gasteiger partial charge in [-0.05, 0) is 0 Å². The number of aliphatic carboxylic acids is 1. The lowest BCUT2D eigenvalue weighted by molar-refractivity contribution is -0.307. The van der Waals surface area contributed by atoms with Crippen molar-refractivity contribution in [2.45, 2.75) is 12.5 Å². The summed E-state index contributed by atoms with van der Waals surface area (Å²) in [6.07, 6.45) is -1.01. The van der Waals surface area contributed by atoms with Gasteiger partial charge in [0.25, 0.3) is 0 Å². The molecule has 0 aromatic rings. The molecule has 3 nitrogen and oxygen atoms in total. The van der Waals surface area contributed by atoms with Crippen molar-refractivity contribution < 1.29 is 15.0 Å². The van der Waals surface area contributed by atoms with Crippen LogP contribution in [-0.4, -0.2) is 21.6 Å². The standard InChI is InChI=1S/C4H7IO3/c5-2-3(6)1-4(7)8/h3,6H,1-2H2,(H,7,8)/p-1. The Bertz CT molecular complexity index is 83.4. The van der Waals surface area contributed by atoms with E-state index in [4.69, 9.17) is 5.11 Å². The molecule has 0 aliphatic heterocycles. The van der Waals surface area contributed by atoms with E-state index in [1.54, 1.807) is 0 Å². The van der Waals surface area contributed by atoms with E-state index in [1.165, 1.54) is 0 Å². The number of carboxylic acid groups (broad SMARTS) is 1. The van der Waals surface area contributed by atoms with Crippen LogP contribution in [0.4, 0.5) is 0 Å². The summed E-state index contributed by atoms with van der Waals surface area (Å²) in [7, 11) is 0. The second-order valence-electron chi connectivity index (χ2n) is 1.38. The summed E-state index contributed by atoms with van der Waals surface area (Å²) < 4.78 is 0.436. The first-order chi connectivity index (χ1) is 3.66. The highest BCUT2D eigenvalue weighted by Crippen LogP contribution is 1.94. The van der Waals surface area contributed by atoms with E-state index in [0.717, 1.165) is 0 Å². The molecule has 0 saturated heterocycles. The van der Waals surface area contributed by atoms with Crippen molar-refractivity contribution in [3.63, 3.8) is 0 Å². The average molecular weight is 229 g/mol. The van der Waals surface area contributed by atoms with Gasteiger partial charge < -0.3 is 15.0 Å². The molecule has 0 aromatic carbocycles. The number of alkyl halides is 1. The van der Waals surface area contributed by atoms with Crippen LogP contribution in [0.5, 0.6) is 0 Å². The van der Waals surface area contributed by atoms with Crippen molar-refractivity contribution in [1.82, 2.24) is 0 Å². The zero-order valence-electron chi connectivity index (χ0n) is 4.13. The van der Waals surface area contributed by atoms with Crippen LogP contribution in [0.3, 0.4) is 0 Å². The predicted octanol–water partition coefficient (Wildman–Crippen LogP) is -1.08. The van der Waals surface area contributed by atoms with Crippen LogP contribution in [-0.2, 0) is 4.79 Å². The first kappa shape index (κ1) is 8.16. The summed E-state index contributed by atoms with van der Waals surface area (Å²) >= 11 is 1.91. The number of carbonyl (C=O) groups is 1. The first-order valence-electron chi connectivity index (χ1n) is 2.10. The Labute approximate surface area is 60.8 Å². The highest BCUT2D eigenvalue weighted by molar-refractivity contribution is 14.1. The zero-order valence-corrected chi connectivity index (χ0v) is 6.29.